The first kappa shape index (κ1) is 16.8. The van der Waals surface area contributed by atoms with Crippen molar-refractivity contribution < 1.29 is 14.7 Å². The van der Waals surface area contributed by atoms with Crippen LogP contribution < -0.4 is 10.2 Å². The molecule has 2 N–H and O–H groups in total. The number of rotatable bonds is 2. The van der Waals surface area contributed by atoms with Crippen molar-refractivity contribution >= 4 is 23.3 Å². The smallest absolute Gasteiger partial charge is 0.313 e. The van der Waals surface area contributed by atoms with Crippen molar-refractivity contribution in [1.29, 1.82) is 0 Å². The van der Waals surface area contributed by atoms with Gasteiger partial charge in [-0.3, -0.25) is 9.59 Å². The lowest BCUT2D eigenvalue weighted by Crippen LogP contribution is -2.51. The van der Waals surface area contributed by atoms with E-state index in [-0.39, 0.29) is 5.75 Å². The SMILES string of the molecule is Cc1cc(O)ccc1NC(=O)C(=O)N1CCN(c2ccccn2)CC1. The van der Waals surface area contributed by atoms with Gasteiger partial charge in [-0.25, -0.2) is 4.98 Å². The zero-order chi connectivity index (χ0) is 17.8. The van der Waals surface area contributed by atoms with E-state index >= 15 is 0 Å². The maximum Gasteiger partial charge on any atom is 0.313 e. The molecular weight excluding hydrogens is 320 g/mol. The van der Waals surface area contributed by atoms with Crippen molar-refractivity contribution in [2.45, 2.75) is 6.92 Å². The van der Waals surface area contributed by atoms with Crippen LogP contribution in [0, 0.1) is 6.92 Å². The molecule has 0 saturated carbocycles. The van der Waals surface area contributed by atoms with Crippen LogP contribution >= 0.6 is 0 Å². The first-order valence-electron chi connectivity index (χ1n) is 8.10. The highest BCUT2D eigenvalue weighted by molar-refractivity contribution is 6.39. The number of anilines is 2. The van der Waals surface area contributed by atoms with Gasteiger partial charge >= 0.3 is 11.8 Å². The third kappa shape index (κ3) is 3.88. The molecule has 1 aromatic heterocycles. The molecular formula is C18H20N4O3. The number of phenols is 1. The number of aromatic hydroxyl groups is 1. The number of carbonyl (C=O) groups is 2. The Labute approximate surface area is 145 Å². The second-order valence-corrected chi connectivity index (χ2v) is 5.92. The van der Waals surface area contributed by atoms with Crippen molar-refractivity contribution in [2.24, 2.45) is 0 Å². The monoisotopic (exact) mass is 340 g/mol. The van der Waals surface area contributed by atoms with Gasteiger partial charge in [0.25, 0.3) is 0 Å². The van der Waals surface area contributed by atoms with Crippen LogP contribution in [0.2, 0.25) is 0 Å². The van der Waals surface area contributed by atoms with E-state index in [1.54, 1.807) is 24.1 Å². The predicted octanol–water partition coefficient (Wildman–Crippen LogP) is 1.38. The van der Waals surface area contributed by atoms with Crippen LogP contribution in [0.5, 0.6) is 5.75 Å². The third-order valence-electron chi connectivity index (χ3n) is 4.19. The lowest BCUT2D eigenvalue weighted by molar-refractivity contribution is -0.143. The summed E-state index contributed by atoms with van der Waals surface area (Å²) in [4.78, 5) is 32.5. The summed E-state index contributed by atoms with van der Waals surface area (Å²) < 4.78 is 0. The first-order chi connectivity index (χ1) is 12.0. The average molecular weight is 340 g/mol. The second-order valence-electron chi connectivity index (χ2n) is 5.92. The molecule has 7 heteroatoms. The van der Waals surface area contributed by atoms with E-state index < -0.39 is 11.8 Å². The summed E-state index contributed by atoms with van der Waals surface area (Å²) in [5.74, 6) is -0.223. The van der Waals surface area contributed by atoms with Crippen LogP contribution in [0.25, 0.3) is 0 Å². The van der Waals surface area contributed by atoms with Crippen molar-refractivity contribution in [2.75, 3.05) is 36.4 Å². The minimum atomic E-state index is -0.667. The van der Waals surface area contributed by atoms with Crippen molar-refractivity contribution in [1.82, 2.24) is 9.88 Å². The zero-order valence-corrected chi connectivity index (χ0v) is 14.0. The van der Waals surface area contributed by atoms with Crippen LogP contribution in [0.15, 0.2) is 42.6 Å². The molecule has 3 rings (SSSR count). The predicted molar refractivity (Wildman–Crippen MR) is 94.5 cm³/mol. The van der Waals surface area contributed by atoms with E-state index in [4.69, 9.17) is 0 Å². The Kier molecular flexibility index (Phi) is 4.83. The van der Waals surface area contributed by atoms with E-state index in [0.717, 1.165) is 5.82 Å². The minimum absolute atomic E-state index is 0.118. The zero-order valence-electron chi connectivity index (χ0n) is 14.0. The molecule has 0 unspecified atom stereocenters. The minimum Gasteiger partial charge on any atom is -0.508 e. The van der Waals surface area contributed by atoms with Crippen molar-refractivity contribution in [3.8, 4) is 5.75 Å². The van der Waals surface area contributed by atoms with Gasteiger partial charge in [0.1, 0.15) is 11.6 Å². The number of phenolic OH excluding ortho intramolecular Hbond substituents is 1. The molecule has 1 saturated heterocycles. The fourth-order valence-electron chi connectivity index (χ4n) is 2.79. The molecule has 1 aliphatic rings. The summed E-state index contributed by atoms with van der Waals surface area (Å²) >= 11 is 0. The Morgan fingerprint density at radius 1 is 1.12 bits per heavy atom. The maximum atomic E-state index is 12.4. The van der Waals surface area contributed by atoms with E-state index in [1.165, 1.54) is 12.1 Å². The molecule has 1 aliphatic heterocycles. The molecule has 2 amide bonds. The topological polar surface area (TPSA) is 85.8 Å². The Morgan fingerprint density at radius 2 is 1.88 bits per heavy atom. The molecule has 2 heterocycles. The van der Waals surface area contributed by atoms with Gasteiger partial charge in [-0.1, -0.05) is 6.07 Å². The average Bonchev–Trinajstić information content (AvgIpc) is 2.64. The number of piperazine rings is 1. The van der Waals surface area contributed by atoms with Crippen LogP contribution in [0.4, 0.5) is 11.5 Å². The normalized spacial score (nSPS) is 14.3. The van der Waals surface area contributed by atoms with Gasteiger partial charge in [-0.05, 0) is 42.8 Å². The van der Waals surface area contributed by atoms with Gasteiger partial charge in [-0.15, -0.1) is 0 Å². The number of nitrogens with zero attached hydrogens (tertiary/aromatic N) is 3. The van der Waals surface area contributed by atoms with Crippen molar-refractivity contribution in [3.63, 3.8) is 0 Å². The van der Waals surface area contributed by atoms with Crippen LogP contribution in [0.3, 0.4) is 0 Å². The Balaban J connectivity index is 1.57. The number of hydrogen-bond donors (Lipinski definition) is 2. The third-order valence-corrected chi connectivity index (χ3v) is 4.19. The number of amides is 2. The second kappa shape index (κ2) is 7.21. The van der Waals surface area contributed by atoms with E-state index in [2.05, 4.69) is 15.2 Å². The van der Waals surface area contributed by atoms with E-state index in [1.807, 2.05) is 18.2 Å². The van der Waals surface area contributed by atoms with Gasteiger partial charge < -0.3 is 20.2 Å². The van der Waals surface area contributed by atoms with E-state index in [0.29, 0.717) is 37.4 Å². The van der Waals surface area contributed by atoms with Crippen molar-refractivity contribution in [3.05, 3.63) is 48.2 Å². The van der Waals surface area contributed by atoms with Gasteiger partial charge in [0.05, 0.1) is 0 Å². The molecule has 0 radical (unpaired) electrons. The Bertz CT molecular complexity index is 771. The summed E-state index contributed by atoms with van der Waals surface area (Å²) in [5.41, 5.74) is 1.21. The Morgan fingerprint density at radius 3 is 2.52 bits per heavy atom. The summed E-state index contributed by atoms with van der Waals surface area (Å²) in [6.07, 6.45) is 1.74. The Hall–Kier alpha value is -3.09. The lowest BCUT2D eigenvalue weighted by atomic mass is 10.2. The fraction of sp³-hybridized carbons (Fsp3) is 0.278. The number of aryl methyl sites for hydroxylation is 1. The van der Waals surface area contributed by atoms with Gasteiger partial charge in [0.2, 0.25) is 0 Å². The molecule has 0 spiro atoms. The lowest BCUT2D eigenvalue weighted by Gasteiger charge is -2.35. The molecule has 1 aromatic carbocycles. The summed E-state index contributed by atoms with van der Waals surface area (Å²) in [5, 5.41) is 12.0. The standard InChI is InChI=1S/C18H20N4O3/c1-13-12-14(23)5-6-15(13)20-17(24)18(25)22-10-8-21(9-11-22)16-4-2-3-7-19-16/h2-7,12,23H,8-11H2,1H3,(H,20,24). The molecule has 130 valence electrons. The molecule has 1 fully saturated rings. The highest BCUT2D eigenvalue weighted by Crippen LogP contribution is 2.20. The number of nitrogens with one attached hydrogen (secondary N) is 1. The molecule has 0 bridgehead atoms. The summed E-state index contributed by atoms with van der Waals surface area (Å²) in [6.45, 7) is 3.96. The number of hydrogen-bond acceptors (Lipinski definition) is 5. The summed E-state index contributed by atoms with van der Waals surface area (Å²) in [7, 11) is 0. The number of pyridine rings is 1. The first-order valence-corrected chi connectivity index (χ1v) is 8.10. The molecule has 2 aromatic rings. The molecule has 25 heavy (non-hydrogen) atoms. The number of carbonyl (C=O) groups excluding carboxylic acids is 2. The summed E-state index contributed by atoms with van der Waals surface area (Å²) in [6, 6.07) is 10.3. The fourth-order valence-corrected chi connectivity index (χ4v) is 2.79. The largest absolute Gasteiger partial charge is 0.508 e. The van der Waals surface area contributed by atoms with E-state index in [9.17, 15) is 14.7 Å². The highest BCUT2D eigenvalue weighted by Gasteiger charge is 2.26. The van der Waals surface area contributed by atoms with Gasteiger partial charge in [0.15, 0.2) is 0 Å². The molecule has 0 aliphatic carbocycles. The van der Waals surface area contributed by atoms with Crippen LogP contribution in [-0.2, 0) is 9.59 Å². The van der Waals surface area contributed by atoms with Gasteiger partial charge in [0, 0.05) is 38.1 Å². The number of benzene rings is 1. The molecule has 7 nitrogen and oxygen atoms in total. The van der Waals surface area contributed by atoms with Crippen LogP contribution in [0.1, 0.15) is 5.56 Å². The quantitative estimate of drug-likeness (QED) is 0.637. The highest BCUT2D eigenvalue weighted by atomic mass is 16.3. The molecule has 0 atom stereocenters. The van der Waals surface area contributed by atoms with Gasteiger partial charge in [-0.2, -0.15) is 0 Å². The van der Waals surface area contributed by atoms with Crippen LogP contribution in [-0.4, -0.2) is 53.0 Å². The maximum absolute atomic E-state index is 12.4. The number of aromatic nitrogens is 1.